The number of nitrogens with zero attached hydrogens (tertiary/aromatic N) is 1. The lowest BCUT2D eigenvalue weighted by molar-refractivity contribution is -0.150. The third-order valence-electron chi connectivity index (χ3n) is 4.66. The number of fused-ring (bicyclic) bond motifs is 1. The molecule has 0 radical (unpaired) electrons. The lowest BCUT2D eigenvalue weighted by Crippen LogP contribution is -2.50. The molecule has 4 heteroatoms. The molecule has 0 spiro atoms. The number of hydrogen-bond acceptors (Lipinski definition) is 3. The molecule has 1 aliphatic heterocycles. The fraction of sp³-hybridized carbons (Fsp3) is 0.421. The van der Waals surface area contributed by atoms with Gasteiger partial charge in [-0.15, -0.1) is 0 Å². The van der Waals surface area contributed by atoms with Gasteiger partial charge >= 0.3 is 0 Å². The van der Waals surface area contributed by atoms with Crippen molar-refractivity contribution < 1.29 is 9.90 Å². The molecule has 0 saturated carbocycles. The molecule has 3 rings (SSSR count). The van der Waals surface area contributed by atoms with Crippen molar-refractivity contribution in [3.63, 3.8) is 0 Å². The summed E-state index contributed by atoms with van der Waals surface area (Å²) in [6.45, 7) is 0.627. The standard InChI is InChI=1S/C19H23NO2S/c1-20(18(21)19(22)10-13-23-14-11-19)12-9-16-7-4-6-15-5-2-3-8-17(15)16/h2-8,22H,9-14H2,1H3. The Hall–Kier alpha value is -1.52. The number of amides is 1. The quantitative estimate of drug-likeness (QED) is 0.937. The number of hydrogen-bond donors (Lipinski definition) is 1. The van der Waals surface area contributed by atoms with Crippen LogP contribution < -0.4 is 0 Å². The van der Waals surface area contributed by atoms with E-state index in [1.165, 1.54) is 16.3 Å². The minimum absolute atomic E-state index is 0.127. The molecule has 2 aromatic carbocycles. The minimum Gasteiger partial charge on any atom is -0.380 e. The fourth-order valence-corrected chi connectivity index (χ4v) is 4.35. The van der Waals surface area contributed by atoms with Crippen LogP contribution in [-0.2, 0) is 11.2 Å². The number of likely N-dealkylation sites (N-methyl/N-ethyl adjacent to an activating group) is 1. The highest BCUT2D eigenvalue weighted by molar-refractivity contribution is 7.99. The molecule has 1 heterocycles. The Morgan fingerprint density at radius 2 is 1.87 bits per heavy atom. The van der Waals surface area contributed by atoms with Gasteiger partial charge < -0.3 is 10.0 Å². The summed E-state index contributed by atoms with van der Waals surface area (Å²) < 4.78 is 0. The van der Waals surface area contributed by atoms with Crippen LogP contribution in [0.2, 0.25) is 0 Å². The Bertz CT molecular complexity index is 689. The second-order valence-electron chi connectivity index (χ2n) is 6.26. The van der Waals surface area contributed by atoms with Gasteiger partial charge in [0.15, 0.2) is 0 Å². The summed E-state index contributed by atoms with van der Waals surface area (Å²) in [5.74, 6) is 1.59. The van der Waals surface area contributed by atoms with Crippen molar-refractivity contribution in [3.8, 4) is 0 Å². The van der Waals surface area contributed by atoms with Crippen molar-refractivity contribution in [2.24, 2.45) is 0 Å². The van der Waals surface area contributed by atoms with Gasteiger partial charge in [0.1, 0.15) is 5.60 Å². The molecule has 2 aromatic rings. The topological polar surface area (TPSA) is 40.5 Å². The molecule has 1 saturated heterocycles. The molecule has 0 unspecified atom stereocenters. The van der Waals surface area contributed by atoms with Gasteiger partial charge in [0, 0.05) is 13.6 Å². The average Bonchev–Trinajstić information content (AvgIpc) is 2.59. The van der Waals surface area contributed by atoms with Crippen LogP contribution in [-0.4, -0.2) is 46.6 Å². The van der Waals surface area contributed by atoms with Crippen LogP contribution in [0.4, 0.5) is 0 Å². The van der Waals surface area contributed by atoms with E-state index >= 15 is 0 Å². The first-order valence-electron chi connectivity index (χ1n) is 8.12. The van der Waals surface area contributed by atoms with E-state index in [4.69, 9.17) is 0 Å². The van der Waals surface area contributed by atoms with E-state index in [0.29, 0.717) is 19.4 Å². The smallest absolute Gasteiger partial charge is 0.254 e. The van der Waals surface area contributed by atoms with Gasteiger partial charge in [-0.3, -0.25) is 4.79 Å². The van der Waals surface area contributed by atoms with E-state index in [-0.39, 0.29) is 5.91 Å². The number of benzene rings is 2. The van der Waals surface area contributed by atoms with Crippen LogP contribution in [0.1, 0.15) is 18.4 Å². The van der Waals surface area contributed by atoms with Gasteiger partial charge in [-0.1, -0.05) is 42.5 Å². The minimum atomic E-state index is -1.15. The monoisotopic (exact) mass is 329 g/mol. The molecule has 0 bridgehead atoms. The molecule has 1 amide bonds. The lowest BCUT2D eigenvalue weighted by atomic mass is 9.95. The predicted molar refractivity (Wildman–Crippen MR) is 96.8 cm³/mol. The zero-order valence-electron chi connectivity index (χ0n) is 13.5. The largest absolute Gasteiger partial charge is 0.380 e. The highest BCUT2D eigenvalue weighted by atomic mass is 32.2. The van der Waals surface area contributed by atoms with Crippen LogP contribution in [0.3, 0.4) is 0 Å². The summed E-state index contributed by atoms with van der Waals surface area (Å²) in [5.41, 5.74) is 0.0904. The molecular formula is C19H23NO2S. The van der Waals surface area contributed by atoms with Crippen LogP contribution in [0.5, 0.6) is 0 Å². The van der Waals surface area contributed by atoms with Crippen molar-refractivity contribution >= 4 is 28.4 Å². The highest BCUT2D eigenvalue weighted by Crippen LogP contribution is 2.28. The Balaban J connectivity index is 1.68. The highest BCUT2D eigenvalue weighted by Gasteiger charge is 2.39. The van der Waals surface area contributed by atoms with Gasteiger partial charge in [-0.2, -0.15) is 11.8 Å². The van der Waals surface area contributed by atoms with Gasteiger partial charge in [-0.25, -0.2) is 0 Å². The summed E-state index contributed by atoms with van der Waals surface area (Å²) in [5, 5.41) is 13.0. The second kappa shape index (κ2) is 6.93. The van der Waals surface area contributed by atoms with E-state index in [9.17, 15) is 9.90 Å². The normalized spacial score (nSPS) is 17.1. The molecule has 1 fully saturated rings. The van der Waals surface area contributed by atoms with E-state index in [0.717, 1.165) is 17.9 Å². The molecule has 23 heavy (non-hydrogen) atoms. The SMILES string of the molecule is CN(CCc1cccc2ccccc12)C(=O)C1(O)CCSCC1. The third kappa shape index (κ3) is 3.54. The molecule has 0 aliphatic carbocycles. The maximum Gasteiger partial charge on any atom is 0.254 e. The molecule has 122 valence electrons. The van der Waals surface area contributed by atoms with Crippen molar-refractivity contribution in [3.05, 3.63) is 48.0 Å². The maximum absolute atomic E-state index is 12.6. The zero-order valence-corrected chi connectivity index (χ0v) is 14.3. The third-order valence-corrected chi connectivity index (χ3v) is 5.65. The lowest BCUT2D eigenvalue weighted by Gasteiger charge is -2.34. The first-order chi connectivity index (χ1) is 11.1. The number of carbonyl (C=O) groups is 1. The van der Waals surface area contributed by atoms with E-state index < -0.39 is 5.60 Å². The Morgan fingerprint density at radius 3 is 2.65 bits per heavy atom. The molecule has 0 aromatic heterocycles. The number of aliphatic hydroxyl groups is 1. The van der Waals surface area contributed by atoms with E-state index in [2.05, 4.69) is 30.3 Å². The number of thioether (sulfide) groups is 1. The average molecular weight is 329 g/mol. The first kappa shape index (κ1) is 16.3. The van der Waals surface area contributed by atoms with Crippen molar-refractivity contribution in [2.45, 2.75) is 24.9 Å². The first-order valence-corrected chi connectivity index (χ1v) is 9.28. The molecule has 1 N–H and O–H groups in total. The van der Waals surface area contributed by atoms with Crippen molar-refractivity contribution in [1.29, 1.82) is 0 Å². The summed E-state index contributed by atoms with van der Waals surface area (Å²) >= 11 is 1.81. The Kier molecular flexibility index (Phi) is 4.93. The van der Waals surface area contributed by atoms with Gasteiger partial charge in [0.2, 0.25) is 0 Å². The fourth-order valence-electron chi connectivity index (χ4n) is 3.18. The van der Waals surface area contributed by atoms with Crippen LogP contribution >= 0.6 is 11.8 Å². The summed E-state index contributed by atoms with van der Waals surface area (Å²) in [6, 6.07) is 14.6. The zero-order chi connectivity index (χ0) is 16.3. The van der Waals surface area contributed by atoms with E-state index in [1.807, 2.05) is 23.9 Å². The molecule has 0 atom stereocenters. The van der Waals surface area contributed by atoms with E-state index in [1.54, 1.807) is 11.9 Å². The maximum atomic E-state index is 12.6. The summed E-state index contributed by atoms with van der Waals surface area (Å²) in [6.07, 6.45) is 1.93. The van der Waals surface area contributed by atoms with Crippen LogP contribution in [0.25, 0.3) is 10.8 Å². The van der Waals surface area contributed by atoms with Crippen LogP contribution in [0.15, 0.2) is 42.5 Å². The van der Waals surface area contributed by atoms with Crippen LogP contribution in [0, 0.1) is 0 Å². The second-order valence-corrected chi connectivity index (χ2v) is 7.48. The number of carbonyl (C=O) groups excluding carboxylic acids is 1. The van der Waals surface area contributed by atoms with Crippen molar-refractivity contribution in [2.75, 3.05) is 25.1 Å². The van der Waals surface area contributed by atoms with Gasteiger partial charge in [0.05, 0.1) is 0 Å². The summed E-state index contributed by atoms with van der Waals surface area (Å²) in [7, 11) is 1.80. The Morgan fingerprint density at radius 1 is 1.17 bits per heavy atom. The molecule has 1 aliphatic rings. The van der Waals surface area contributed by atoms with Crippen molar-refractivity contribution in [1.82, 2.24) is 4.90 Å². The molecule has 3 nitrogen and oxygen atoms in total. The summed E-state index contributed by atoms with van der Waals surface area (Å²) in [4.78, 5) is 14.3. The van der Waals surface area contributed by atoms with Gasteiger partial charge in [-0.05, 0) is 47.1 Å². The predicted octanol–water partition coefficient (Wildman–Crippen LogP) is 3.10. The van der Waals surface area contributed by atoms with Gasteiger partial charge in [0.25, 0.3) is 5.91 Å². The number of rotatable bonds is 4. The Labute approximate surface area is 141 Å². The molecular weight excluding hydrogens is 306 g/mol.